The van der Waals surface area contributed by atoms with Gasteiger partial charge in [0.25, 0.3) is 5.91 Å². The minimum absolute atomic E-state index is 0.0303. The number of hydrogen-bond acceptors (Lipinski definition) is 7. The summed E-state index contributed by atoms with van der Waals surface area (Å²) in [6.07, 6.45) is 2.06. The Labute approximate surface area is 182 Å². The third-order valence-corrected chi connectivity index (χ3v) is 5.85. The third-order valence-electron chi connectivity index (χ3n) is 5.21. The second-order valence-corrected chi connectivity index (χ2v) is 7.99. The van der Waals surface area contributed by atoms with Crippen LogP contribution in [0.25, 0.3) is 0 Å². The molecule has 0 aliphatic heterocycles. The molecule has 1 amide bonds. The number of aliphatic carboxylic acids is 1. The van der Waals surface area contributed by atoms with Crippen LogP contribution in [-0.2, 0) is 4.79 Å². The smallest absolute Gasteiger partial charge is 0.326 e. The molecule has 0 bridgehead atoms. The molecule has 3 rings (SSSR count). The molecule has 1 aliphatic rings. The van der Waals surface area contributed by atoms with E-state index in [4.69, 9.17) is 0 Å². The number of fused-ring (bicyclic) bond motifs is 2. The van der Waals surface area contributed by atoms with E-state index in [9.17, 15) is 34.5 Å². The molecule has 1 atom stereocenters. The van der Waals surface area contributed by atoms with Crippen LogP contribution in [0.3, 0.4) is 0 Å². The van der Waals surface area contributed by atoms with Crippen molar-refractivity contribution in [3.63, 3.8) is 0 Å². The van der Waals surface area contributed by atoms with E-state index in [0.717, 1.165) is 11.0 Å². The van der Waals surface area contributed by atoms with E-state index in [1.165, 1.54) is 36.0 Å². The number of rotatable bonds is 7. The molecule has 0 fully saturated rings. The molecule has 1 aliphatic carbocycles. The Morgan fingerprint density at radius 1 is 1.03 bits per heavy atom. The van der Waals surface area contributed by atoms with Gasteiger partial charge in [-0.1, -0.05) is 12.1 Å². The molecular formula is C22H21NO7S. The van der Waals surface area contributed by atoms with E-state index >= 15 is 0 Å². The van der Waals surface area contributed by atoms with Gasteiger partial charge in [0.1, 0.15) is 17.5 Å². The van der Waals surface area contributed by atoms with Crippen LogP contribution in [0, 0.1) is 0 Å². The second kappa shape index (κ2) is 8.81. The Morgan fingerprint density at radius 3 is 2.32 bits per heavy atom. The lowest BCUT2D eigenvalue weighted by atomic mass is 9.82. The van der Waals surface area contributed by atoms with Gasteiger partial charge in [0, 0.05) is 23.2 Å². The molecule has 3 N–H and O–H groups in total. The maximum absolute atomic E-state index is 13.1. The van der Waals surface area contributed by atoms with Gasteiger partial charge in [-0.15, -0.1) is 0 Å². The molecule has 8 nitrogen and oxygen atoms in total. The number of amides is 1. The summed E-state index contributed by atoms with van der Waals surface area (Å²) in [5, 5.41) is 30.1. The third kappa shape index (κ3) is 3.88. The molecule has 2 aromatic rings. The van der Waals surface area contributed by atoms with Gasteiger partial charge in [-0.25, -0.2) is 4.79 Å². The van der Waals surface area contributed by atoms with Crippen LogP contribution in [0.5, 0.6) is 11.5 Å². The van der Waals surface area contributed by atoms with Crippen molar-refractivity contribution < 1.29 is 34.5 Å². The quantitative estimate of drug-likeness (QED) is 0.508. The number of likely N-dealkylation sites (N-methyl/N-ethyl adjacent to an activating group) is 1. The zero-order valence-electron chi connectivity index (χ0n) is 16.9. The van der Waals surface area contributed by atoms with Crippen molar-refractivity contribution in [2.45, 2.75) is 19.4 Å². The van der Waals surface area contributed by atoms with Gasteiger partial charge in [-0.3, -0.25) is 14.4 Å². The van der Waals surface area contributed by atoms with Gasteiger partial charge in [-0.2, -0.15) is 11.8 Å². The molecule has 2 aromatic carbocycles. The summed E-state index contributed by atoms with van der Waals surface area (Å²) >= 11 is 1.46. The van der Waals surface area contributed by atoms with Gasteiger partial charge < -0.3 is 20.2 Å². The average molecular weight is 443 g/mol. The number of hydrogen-bond donors (Lipinski definition) is 3. The number of carboxylic acid groups (broad SMARTS) is 1. The van der Waals surface area contributed by atoms with Crippen LogP contribution < -0.4 is 0 Å². The summed E-state index contributed by atoms with van der Waals surface area (Å²) in [5.74, 6) is -3.60. The van der Waals surface area contributed by atoms with Crippen LogP contribution >= 0.6 is 11.8 Å². The topological polar surface area (TPSA) is 132 Å². The van der Waals surface area contributed by atoms with Crippen LogP contribution in [0.15, 0.2) is 30.3 Å². The van der Waals surface area contributed by atoms with Gasteiger partial charge in [-0.05, 0) is 43.6 Å². The average Bonchev–Trinajstić information content (AvgIpc) is 2.73. The number of carbonyl (C=O) groups excluding carboxylic acids is 3. The fourth-order valence-electron chi connectivity index (χ4n) is 3.72. The number of carbonyl (C=O) groups is 4. The van der Waals surface area contributed by atoms with Crippen LogP contribution in [0.2, 0.25) is 0 Å². The Morgan fingerprint density at radius 2 is 1.71 bits per heavy atom. The van der Waals surface area contributed by atoms with Crippen molar-refractivity contribution in [1.82, 2.24) is 4.90 Å². The Balaban J connectivity index is 2.07. The molecule has 0 heterocycles. The van der Waals surface area contributed by atoms with E-state index in [1.54, 1.807) is 6.92 Å². The standard InChI is InChI=1S/C22H21NO7S/c1-3-23(14(22(29)30)7-8-31-2)21(28)11-9-13-18(16(25)10-11)20(27)17-12(19(13)26)5-4-6-15(17)24/h4-6,9-10,14,24-25H,3,7-8H2,1-2H3,(H,29,30). The lowest BCUT2D eigenvalue weighted by Gasteiger charge is -2.28. The highest BCUT2D eigenvalue weighted by Gasteiger charge is 2.36. The molecule has 31 heavy (non-hydrogen) atoms. The molecule has 0 saturated carbocycles. The largest absolute Gasteiger partial charge is 0.507 e. The van der Waals surface area contributed by atoms with Crippen molar-refractivity contribution >= 4 is 35.2 Å². The van der Waals surface area contributed by atoms with Crippen molar-refractivity contribution in [3.05, 3.63) is 58.1 Å². The summed E-state index contributed by atoms with van der Waals surface area (Å²) in [7, 11) is 0. The first-order chi connectivity index (χ1) is 14.7. The molecule has 0 spiro atoms. The lowest BCUT2D eigenvalue weighted by Crippen LogP contribution is -2.45. The maximum atomic E-state index is 13.1. The van der Waals surface area contributed by atoms with Gasteiger partial charge in [0.15, 0.2) is 5.78 Å². The summed E-state index contributed by atoms with van der Waals surface area (Å²) in [6.45, 7) is 1.74. The van der Waals surface area contributed by atoms with E-state index in [1.807, 2.05) is 6.26 Å². The van der Waals surface area contributed by atoms with Crippen LogP contribution in [-0.4, -0.2) is 68.3 Å². The highest BCUT2D eigenvalue weighted by Crippen LogP contribution is 2.37. The number of thioether (sulfide) groups is 1. The number of benzene rings is 2. The summed E-state index contributed by atoms with van der Waals surface area (Å²) in [5.41, 5.74) is -0.794. The molecule has 1 unspecified atom stereocenters. The fourth-order valence-corrected chi connectivity index (χ4v) is 4.18. The zero-order valence-corrected chi connectivity index (χ0v) is 17.7. The first-order valence-corrected chi connectivity index (χ1v) is 10.9. The Hall–Kier alpha value is -3.33. The summed E-state index contributed by atoms with van der Waals surface area (Å²) in [6, 6.07) is 5.24. The Kier molecular flexibility index (Phi) is 6.35. The fraction of sp³-hybridized carbons (Fsp3) is 0.273. The van der Waals surface area contributed by atoms with Gasteiger partial charge >= 0.3 is 5.97 Å². The van der Waals surface area contributed by atoms with E-state index < -0.39 is 35.2 Å². The number of nitrogens with zero attached hydrogens (tertiary/aromatic N) is 1. The zero-order chi connectivity index (χ0) is 22.9. The lowest BCUT2D eigenvalue weighted by molar-refractivity contribution is -0.142. The van der Waals surface area contributed by atoms with E-state index in [-0.39, 0.29) is 46.5 Å². The Bertz CT molecular complexity index is 1100. The van der Waals surface area contributed by atoms with Crippen LogP contribution in [0.4, 0.5) is 0 Å². The van der Waals surface area contributed by atoms with Crippen LogP contribution in [0.1, 0.15) is 55.5 Å². The van der Waals surface area contributed by atoms with Gasteiger partial charge in [0.05, 0.1) is 11.1 Å². The number of aromatic hydroxyl groups is 2. The number of ketones is 2. The monoisotopic (exact) mass is 443 g/mol. The van der Waals surface area contributed by atoms with Gasteiger partial charge in [0.2, 0.25) is 5.78 Å². The normalized spacial score (nSPS) is 13.4. The highest BCUT2D eigenvalue weighted by molar-refractivity contribution is 7.98. The second-order valence-electron chi connectivity index (χ2n) is 7.00. The molecule has 0 aromatic heterocycles. The van der Waals surface area contributed by atoms with Crippen molar-refractivity contribution in [2.24, 2.45) is 0 Å². The number of carboxylic acids is 1. The summed E-state index contributed by atoms with van der Waals surface area (Å²) in [4.78, 5) is 51.8. The highest BCUT2D eigenvalue weighted by atomic mass is 32.2. The molecular weight excluding hydrogens is 422 g/mol. The molecule has 0 radical (unpaired) electrons. The molecule has 162 valence electrons. The predicted octanol–water partition coefficient (Wildman–Crippen LogP) is 2.54. The first-order valence-electron chi connectivity index (χ1n) is 9.54. The first kappa shape index (κ1) is 22.4. The summed E-state index contributed by atoms with van der Waals surface area (Å²) < 4.78 is 0. The molecule has 9 heteroatoms. The maximum Gasteiger partial charge on any atom is 0.326 e. The van der Waals surface area contributed by atoms with Crippen molar-refractivity contribution in [1.29, 1.82) is 0 Å². The predicted molar refractivity (Wildman–Crippen MR) is 114 cm³/mol. The van der Waals surface area contributed by atoms with Crippen molar-refractivity contribution in [2.75, 3.05) is 18.6 Å². The van der Waals surface area contributed by atoms with E-state index in [2.05, 4.69) is 0 Å². The number of phenolic OH excluding ortho intramolecular Hbond substituents is 2. The minimum Gasteiger partial charge on any atom is -0.507 e. The van der Waals surface area contributed by atoms with Crippen molar-refractivity contribution in [3.8, 4) is 11.5 Å². The van der Waals surface area contributed by atoms with E-state index in [0.29, 0.717) is 5.75 Å². The molecule has 0 saturated heterocycles. The number of phenols is 2. The minimum atomic E-state index is -1.15. The SMILES string of the molecule is CCN(C(=O)c1cc(O)c2c(c1)C(=O)c1cccc(O)c1C2=O)C(CCSC)C(=O)O.